The maximum absolute atomic E-state index is 11.6. The molecule has 0 atom stereocenters. The molecule has 0 spiro atoms. The summed E-state index contributed by atoms with van der Waals surface area (Å²) in [4.78, 5) is 33.9. The molecule has 0 aliphatic rings. The Balaban J connectivity index is 3.19. The van der Waals surface area contributed by atoms with Gasteiger partial charge in [0.2, 0.25) is 0 Å². The summed E-state index contributed by atoms with van der Waals surface area (Å²) in [5, 5.41) is 0. The van der Waals surface area contributed by atoms with Gasteiger partial charge in [0, 0.05) is 17.5 Å². The maximum atomic E-state index is 11.6. The second-order valence-corrected chi connectivity index (χ2v) is 3.42. The number of Topliss-reactive ketones (excluding diaryl/α,β-unsaturated/α-hetero) is 1. The Bertz CT molecular complexity index is 449. The number of hydrogen-bond donors (Lipinski definition) is 0. The number of ether oxygens (including phenoxy) is 1. The predicted octanol–water partition coefficient (Wildman–Crippen LogP) is 2.27. The average Bonchev–Trinajstić information content (AvgIpc) is 2.37. The second-order valence-electron chi connectivity index (χ2n) is 3.42. The molecule has 0 aromatic heterocycles. The molecule has 0 unspecified atom stereocenters. The molecule has 17 heavy (non-hydrogen) atoms. The van der Waals surface area contributed by atoms with Gasteiger partial charge in [-0.2, -0.15) is 0 Å². The van der Waals surface area contributed by atoms with E-state index < -0.39 is 5.97 Å². The van der Waals surface area contributed by atoms with Crippen molar-refractivity contribution >= 4 is 18.0 Å². The summed E-state index contributed by atoms with van der Waals surface area (Å²) in [5.41, 5.74) is 0.790. The summed E-state index contributed by atoms with van der Waals surface area (Å²) in [5.74, 6) is -0.659. The highest BCUT2D eigenvalue weighted by Gasteiger charge is 2.14. The lowest BCUT2D eigenvalue weighted by atomic mass is 10.0. The van der Waals surface area contributed by atoms with Gasteiger partial charge in [-0.3, -0.25) is 9.59 Å². The van der Waals surface area contributed by atoms with Crippen LogP contribution < -0.4 is 0 Å². The van der Waals surface area contributed by atoms with E-state index in [0.29, 0.717) is 18.3 Å². The monoisotopic (exact) mass is 234 g/mol. The third-order valence-corrected chi connectivity index (χ3v) is 2.32. The summed E-state index contributed by atoms with van der Waals surface area (Å²) in [6.45, 7) is 3.64. The van der Waals surface area contributed by atoms with E-state index in [-0.39, 0.29) is 23.5 Å². The largest absolute Gasteiger partial charge is 0.462 e. The van der Waals surface area contributed by atoms with Crippen molar-refractivity contribution in [1.29, 1.82) is 0 Å². The SMILES string of the molecule is CCOC(=O)c1cc(C(=O)CC)ccc1C=O. The fraction of sp³-hybridized carbons (Fsp3) is 0.308. The lowest BCUT2D eigenvalue weighted by Crippen LogP contribution is -2.10. The Labute approximate surface area is 99.6 Å². The fourth-order valence-electron chi connectivity index (χ4n) is 1.42. The molecule has 0 fully saturated rings. The third kappa shape index (κ3) is 3.00. The Hall–Kier alpha value is -1.97. The molecule has 90 valence electrons. The molecule has 0 saturated heterocycles. The Morgan fingerprint density at radius 1 is 1.29 bits per heavy atom. The maximum Gasteiger partial charge on any atom is 0.338 e. The highest BCUT2D eigenvalue weighted by atomic mass is 16.5. The molecule has 4 nitrogen and oxygen atoms in total. The molecule has 0 N–H and O–H groups in total. The van der Waals surface area contributed by atoms with E-state index in [4.69, 9.17) is 4.74 Å². The van der Waals surface area contributed by atoms with Crippen LogP contribution in [0.3, 0.4) is 0 Å². The van der Waals surface area contributed by atoms with Crippen LogP contribution >= 0.6 is 0 Å². The number of hydrogen-bond acceptors (Lipinski definition) is 4. The van der Waals surface area contributed by atoms with E-state index in [9.17, 15) is 14.4 Å². The summed E-state index contributed by atoms with van der Waals surface area (Å²) in [6.07, 6.45) is 0.926. The van der Waals surface area contributed by atoms with Crippen molar-refractivity contribution in [3.63, 3.8) is 0 Å². The molecule has 4 heteroatoms. The van der Waals surface area contributed by atoms with Crippen LogP contribution in [0.1, 0.15) is 51.3 Å². The van der Waals surface area contributed by atoms with Crippen molar-refractivity contribution in [2.24, 2.45) is 0 Å². The van der Waals surface area contributed by atoms with Crippen LogP contribution in [0, 0.1) is 0 Å². The topological polar surface area (TPSA) is 60.4 Å². The van der Waals surface area contributed by atoms with Gasteiger partial charge in [0.15, 0.2) is 12.1 Å². The molecule has 1 aromatic rings. The normalized spacial score (nSPS) is 9.76. The molecule has 0 aliphatic heterocycles. The first-order valence-electron chi connectivity index (χ1n) is 5.43. The Morgan fingerprint density at radius 3 is 2.53 bits per heavy atom. The minimum atomic E-state index is -0.583. The van der Waals surface area contributed by atoms with E-state index in [2.05, 4.69) is 0 Å². The zero-order valence-corrected chi connectivity index (χ0v) is 9.86. The van der Waals surface area contributed by atoms with E-state index in [1.54, 1.807) is 13.8 Å². The first kappa shape index (κ1) is 13.1. The average molecular weight is 234 g/mol. The third-order valence-electron chi connectivity index (χ3n) is 2.32. The summed E-state index contributed by atoms with van der Waals surface area (Å²) in [7, 11) is 0. The van der Waals surface area contributed by atoms with Crippen LogP contribution in [-0.2, 0) is 4.74 Å². The molecule has 0 saturated carbocycles. The van der Waals surface area contributed by atoms with Crippen LogP contribution in [-0.4, -0.2) is 24.6 Å². The van der Waals surface area contributed by atoms with Gasteiger partial charge < -0.3 is 4.74 Å². The van der Waals surface area contributed by atoms with E-state index in [1.807, 2.05) is 0 Å². The zero-order chi connectivity index (χ0) is 12.8. The first-order valence-corrected chi connectivity index (χ1v) is 5.43. The highest BCUT2D eigenvalue weighted by Crippen LogP contribution is 2.13. The number of ketones is 1. The lowest BCUT2D eigenvalue weighted by molar-refractivity contribution is 0.0524. The molecule has 0 heterocycles. The smallest absolute Gasteiger partial charge is 0.338 e. The molecule has 1 rings (SSSR count). The van der Waals surface area contributed by atoms with E-state index in [0.717, 1.165) is 0 Å². The van der Waals surface area contributed by atoms with Crippen LogP contribution in [0.2, 0.25) is 0 Å². The van der Waals surface area contributed by atoms with Gasteiger partial charge in [0.1, 0.15) is 0 Å². The van der Waals surface area contributed by atoms with Crippen LogP contribution in [0.5, 0.6) is 0 Å². The van der Waals surface area contributed by atoms with Gasteiger partial charge in [0.05, 0.1) is 12.2 Å². The molecule has 0 bridgehead atoms. The molecule has 0 amide bonds. The number of rotatable bonds is 5. The van der Waals surface area contributed by atoms with Crippen LogP contribution in [0.15, 0.2) is 18.2 Å². The first-order chi connectivity index (χ1) is 8.13. The summed E-state index contributed by atoms with van der Waals surface area (Å²) >= 11 is 0. The fourth-order valence-corrected chi connectivity index (χ4v) is 1.42. The molecular weight excluding hydrogens is 220 g/mol. The summed E-state index contributed by atoms with van der Waals surface area (Å²) in [6, 6.07) is 4.41. The number of aldehydes is 1. The van der Waals surface area contributed by atoms with Crippen molar-refractivity contribution in [2.75, 3.05) is 6.61 Å². The van der Waals surface area contributed by atoms with Gasteiger partial charge in [-0.05, 0) is 13.0 Å². The molecular formula is C13H14O4. The number of benzene rings is 1. The van der Waals surface area contributed by atoms with Crippen LogP contribution in [0.25, 0.3) is 0 Å². The van der Waals surface area contributed by atoms with Crippen LogP contribution in [0.4, 0.5) is 0 Å². The second kappa shape index (κ2) is 5.94. The van der Waals surface area contributed by atoms with Crippen molar-refractivity contribution in [1.82, 2.24) is 0 Å². The Morgan fingerprint density at radius 2 is 2.00 bits per heavy atom. The zero-order valence-electron chi connectivity index (χ0n) is 9.86. The minimum Gasteiger partial charge on any atom is -0.462 e. The van der Waals surface area contributed by atoms with Crippen molar-refractivity contribution in [3.8, 4) is 0 Å². The number of carbonyl (C=O) groups is 3. The molecule has 0 aliphatic carbocycles. The predicted molar refractivity (Wildman–Crippen MR) is 62.4 cm³/mol. The Kier molecular flexibility index (Phi) is 4.57. The van der Waals surface area contributed by atoms with Gasteiger partial charge >= 0.3 is 5.97 Å². The molecule has 1 aromatic carbocycles. The molecule has 0 radical (unpaired) electrons. The van der Waals surface area contributed by atoms with Crippen molar-refractivity contribution < 1.29 is 19.1 Å². The summed E-state index contributed by atoms with van der Waals surface area (Å²) < 4.78 is 4.83. The standard InChI is InChI=1S/C13H14O4/c1-3-12(15)9-5-6-10(8-14)11(7-9)13(16)17-4-2/h5-8H,3-4H2,1-2H3. The van der Waals surface area contributed by atoms with Crippen molar-refractivity contribution in [3.05, 3.63) is 34.9 Å². The minimum absolute atomic E-state index is 0.0759. The number of carbonyl (C=O) groups excluding carboxylic acids is 3. The van der Waals surface area contributed by atoms with Gasteiger partial charge in [-0.15, -0.1) is 0 Å². The highest BCUT2D eigenvalue weighted by molar-refractivity contribution is 6.03. The van der Waals surface area contributed by atoms with E-state index in [1.165, 1.54) is 18.2 Å². The number of esters is 1. The van der Waals surface area contributed by atoms with Gasteiger partial charge in [0.25, 0.3) is 0 Å². The van der Waals surface area contributed by atoms with E-state index >= 15 is 0 Å². The van der Waals surface area contributed by atoms with Gasteiger partial charge in [-0.25, -0.2) is 4.79 Å². The lowest BCUT2D eigenvalue weighted by Gasteiger charge is -2.06. The van der Waals surface area contributed by atoms with Gasteiger partial charge in [-0.1, -0.05) is 19.1 Å². The quantitative estimate of drug-likeness (QED) is 0.445. The van der Waals surface area contributed by atoms with Crippen molar-refractivity contribution in [2.45, 2.75) is 20.3 Å².